The van der Waals surface area contributed by atoms with Crippen LogP contribution in [-0.4, -0.2) is 36.7 Å². The number of nitrogens with one attached hydrogen (secondary N) is 1. The molecule has 0 saturated carbocycles. The van der Waals surface area contributed by atoms with Crippen LogP contribution in [0.1, 0.15) is 36.7 Å². The molecule has 0 aliphatic heterocycles. The third-order valence-electron chi connectivity index (χ3n) is 5.04. The lowest BCUT2D eigenvalue weighted by molar-refractivity contribution is -0.119. The maximum Gasteiger partial charge on any atom is 0.241 e. The van der Waals surface area contributed by atoms with Gasteiger partial charge >= 0.3 is 0 Å². The summed E-state index contributed by atoms with van der Waals surface area (Å²) in [5.41, 5.74) is 3.32. The van der Waals surface area contributed by atoms with E-state index < -0.39 is 10.0 Å². The van der Waals surface area contributed by atoms with E-state index in [9.17, 15) is 13.2 Å². The van der Waals surface area contributed by atoms with Crippen molar-refractivity contribution in [2.45, 2.75) is 33.2 Å². The first-order valence-corrected chi connectivity index (χ1v) is 11.9. The summed E-state index contributed by atoms with van der Waals surface area (Å²) in [5, 5.41) is 2.82. The zero-order valence-corrected chi connectivity index (χ0v) is 19.1. The van der Waals surface area contributed by atoms with Crippen molar-refractivity contribution in [3.8, 4) is 5.69 Å². The summed E-state index contributed by atoms with van der Waals surface area (Å²) >= 11 is 0. The van der Waals surface area contributed by atoms with Gasteiger partial charge in [-0.1, -0.05) is 44.2 Å². The van der Waals surface area contributed by atoms with Crippen LogP contribution in [0, 0.1) is 6.92 Å². The fourth-order valence-electron chi connectivity index (χ4n) is 3.40. The third kappa shape index (κ3) is 5.52. The van der Waals surface area contributed by atoms with Crippen molar-refractivity contribution in [3.63, 3.8) is 0 Å². The van der Waals surface area contributed by atoms with Crippen molar-refractivity contribution in [1.82, 2.24) is 14.9 Å². The van der Waals surface area contributed by atoms with Gasteiger partial charge in [-0.3, -0.25) is 9.10 Å². The van der Waals surface area contributed by atoms with Crippen LogP contribution < -0.4 is 9.62 Å². The number of aryl methyl sites for hydroxylation is 1. The summed E-state index contributed by atoms with van der Waals surface area (Å²) in [6, 6.07) is 15.0. The molecule has 1 amide bonds. The largest absolute Gasteiger partial charge is 0.350 e. The quantitative estimate of drug-likeness (QED) is 0.582. The van der Waals surface area contributed by atoms with Gasteiger partial charge in [-0.25, -0.2) is 13.4 Å². The Bertz CT molecular complexity index is 1150. The Balaban J connectivity index is 1.69. The van der Waals surface area contributed by atoms with Gasteiger partial charge in [0.1, 0.15) is 12.4 Å². The van der Waals surface area contributed by atoms with Crippen molar-refractivity contribution in [1.29, 1.82) is 0 Å². The summed E-state index contributed by atoms with van der Waals surface area (Å²) in [4.78, 5) is 16.8. The van der Waals surface area contributed by atoms with Gasteiger partial charge in [0.2, 0.25) is 15.9 Å². The average Bonchev–Trinajstić information content (AvgIpc) is 3.16. The Hall–Kier alpha value is -3.13. The van der Waals surface area contributed by atoms with Gasteiger partial charge in [0, 0.05) is 24.6 Å². The van der Waals surface area contributed by atoms with Crippen molar-refractivity contribution < 1.29 is 13.2 Å². The Labute approximate surface area is 183 Å². The van der Waals surface area contributed by atoms with Gasteiger partial charge in [-0.2, -0.15) is 0 Å². The lowest BCUT2D eigenvalue weighted by atomic mass is 10.0. The fourth-order valence-corrected chi connectivity index (χ4v) is 4.27. The van der Waals surface area contributed by atoms with Crippen LogP contribution in [0.3, 0.4) is 0 Å². The first kappa shape index (κ1) is 22.6. The fraction of sp³-hybridized carbons (Fsp3) is 0.304. The number of anilines is 1. The Kier molecular flexibility index (Phi) is 6.80. The highest BCUT2D eigenvalue weighted by atomic mass is 32.2. The molecule has 164 valence electrons. The molecule has 0 aliphatic carbocycles. The minimum atomic E-state index is -3.62. The van der Waals surface area contributed by atoms with Crippen LogP contribution in [0.25, 0.3) is 5.69 Å². The molecule has 1 aromatic heterocycles. The molecule has 0 unspecified atom stereocenters. The monoisotopic (exact) mass is 440 g/mol. The Morgan fingerprint density at radius 3 is 2.39 bits per heavy atom. The maximum absolute atomic E-state index is 12.6. The van der Waals surface area contributed by atoms with Gasteiger partial charge in [0.15, 0.2) is 0 Å². The second-order valence-corrected chi connectivity index (χ2v) is 9.68. The summed E-state index contributed by atoms with van der Waals surface area (Å²) in [5.74, 6) is 0.656. The van der Waals surface area contributed by atoms with E-state index in [-0.39, 0.29) is 18.4 Å². The van der Waals surface area contributed by atoms with Crippen LogP contribution >= 0.6 is 0 Å². The van der Waals surface area contributed by atoms with Crippen LogP contribution in [0.2, 0.25) is 0 Å². The Morgan fingerprint density at radius 1 is 1.13 bits per heavy atom. The van der Waals surface area contributed by atoms with Crippen molar-refractivity contribution in [2.24, 2.45) is 0 Å². The zero-order valence-electron chi connectivity index (χ0n) is 18.2. The van der Waals surface area contributed by atoms with E-state index in [1.54, 1.807) is 18.3 Å². The standard InChI is InChI=1S/C23H28N4O3S/c1-17(2)21-7-5-6-8-22(21)27(31(4,29)30)16-23(28)25-15-19-9-11-20(12-10-19)26-14-13-24-18(26)3/h5-14,17H,15-16H2,1-4H3,(H,25,28). The van der Waals surface area contributed by atoms with E-state index in [0.29, 0.717) is 12.2 Å². The molecule has 0 bridgehead atoms. The van der Waals surface area contributed by atoms with Crippen LogP contribution in [0.4, 0.5) is 5.69 Å². The molecule has 0 aliphatic rings. The molecule has 0 saturated heterocycles. The summed E-state index contributed by atoms with van der Waals surface area (Å²) in [6.07, 6.45) is 4.75. The van der Waals surface area contributed by atoms with Gasteiger partial charge in [-0.05, 0) is 42.2 Å². The van der Waals surface area contributed by atoms with Gasteiger partial charge in [0.25, 0.3) is 0 Å². The third-order valence-corrected chi connectivity index (χ3v) is 6.17. The lowest BCUT2D eigenvalue weighted by Crippen LogP contribution is -2.40. The predicted molar refractivity (Wildman–Crippen MR) is 123 cm³/mol. The summed E-state index contributed by atoms with van der Waals surface area (Å²) in [7, 11) is -3.62. The number of para-hydroxylation sites is 1. The predicted octanol–water partition coefficient (Wildman–Crippen LogP) is 3.39. The van der Waals surface area contributed by atoms with Crippen LogP contribution in [0.5, 0.6) is 0 Å². The molecule has 0 spiro atoms. The molecular weight excluding hydrogens is 412 g/mol. The molecule has 1 heterocycles. The average molecular weight is 441 g/mol. The SMILES string of the molecule is Cc1nccn1-c1ccc(CNC(=O)CN(c2ccccc2C(C)C)S(C)(=O)=O)cc1. The van der Waals surface area contributed by atoms with Crippen LogP contribution in [-0.2, 0) is 21.4 Å². The topological polar surface area (TPSA) is 84.3 Å². The number of carbonyl (C=O) groups is 1. The molecule has 0 radical (unpaired) electrons. The van der Waals surface area contributed by atoms with Gasteiger partial charge in [0.05, 0.1) is 11.9 Å². The van der Waals surface area contributed by atoms with Crippen molar-refractivity contribution in [3.05, 3.63) is 77.9 Å². The maximum atomic E-state index is 12.6. The molecular formula is C23H28N4O3S. The number of nitrogens with zero attached hydrogens (tertiary/aromatic N) is 3. The van der Waals surface area contributed by atoms with E-state index >= 15 is 0 Å². The molecule has 31 heavy (non-hydrogen) atoms. The van der Waals surface area contributed by atoms with Gasteiger partial charge in [-0.15, -0.1) is 0 Å². The highest BCUT2D eigenvalue weighted by molar-refractivity contribution is 7.92. The number of aromatic nitrogens is 2. The Morgan fingerprint density at radius 2 is 1.81 bits per heavy atom. The highest BCUT2D eigenvalue weighted by Crippen LogP contribution is 2.28. The normalized spacial score (nSPS) is 11.5. The number of hydrogen-bond acceptors (Lipinski definition) is 4. The number of rotatable bonds is 8. The van der Waals surface area contributed by atoms with E-state index in [4.69, 9.17) is 0 Å². The van der Waals surface area contributed by atoms with E-state index in [2.05, 4.69) is 10.3 Å². The molecule has 1 N–H and O–H groups in total. The molecule has 3 aromatic rings. The van der Waals surface area contributed by atoms with E-state index in [1.807, 2.05) is 67.9 Å². The van der Waals surface area contributed by atoms with Crippen LogP contribution in [0.15, 0.2) is 60.9 Å². The minimum absolute atomic E-state index is 0.126. The molecule has 3 rings (SSSR count). The molecule has 0 atom stereocenters. The summed E-state index contributed by atoms with van der Waals surface area (Å²) < 4.78 is 28.0. The second kappa shape index (κ2) is 9.34. The first-order valence-electron chi connectivity index (χ1n) is 10.1. The lowest BCUT2D eigenvalue weighted by Gasteiger charge is -2.25. The zero-order chi connectivity index (χ0) is 22.6. The number of carbonyl (C=O) groups excluding carboxylic acids is 1. The minimum Gasteiger partial charge on any atom is -0.350 e. The van der Waals surface area contributed by atoms with E-state index in [0.717, 1.165) is 28.9 Å². The molecule has 7 nitrogen and oxygen atoms in total. The van der Waals surface area contributed by atoms with Crippen molar-refractivity contribution in [2.75, 3.05) is 17.1 Å². The van der Waals surface area contributed by atoms with Crippen molar-refractivity contribution >= 4 is 21.6 Å². The highest BCUT2D eigenvalue weighted by Gasteiger charge is 2.23. The van der Waals surface area contributed by atoms with Gasteiger partial charge < -0.3 is 9.88 Å². The molecule has 8 heteroatoms. The van der Waals surface area contributed by atoms with E-state index in [1.165, 1.54) is 4.31 Å². The number of amides is 1. The molecule has 0 fully saturated rings. The number of benzene rings is 2. The number of imidazole rings is 1. The second-order valence-electron chi connectivity index (χ2n) is 7.77. The number of hydrogen-bond donors (Lipinski definition) is 1. The summed E-state index contributed by atoms with van der Waals surface area (Å²) in [6.45, 7) is 5.96. The number of sulfonamides is 1. The first-order chi connectivity index (χ1) is 14.7. The molecule has 2 aromatic carbocycles. The smallest absolute Gasteiger partial charge is 0.241 e.